The number of piperazine rings is 1. The summed E-state index contributed by atoms with van der Waals surface area (Å²) in [4.78, 5) is 46.4. The number of amides is 4. The maximum atomic E-state index is 13.1. The van der Waals surface area contributed by atoms with E-state index in [0.717, 1.165) is 48.6 Å². The number of hydrogen-bond acceptors (Lipinski definition) is 5. The van der Waals surface area contributed by atoms with E-state index in [-0.39, 0.29) is 17.7 Å². The lowest BCUT2D eigenvalue weighted by Crippen LogP contribution is -2.49. The molecule has 172 valence electrons. The number of pyridine rings is 1. The van der Waals surface area contributed by atoms with Crippen molar-refractivity contribution in [3.63, 3.8) is 0 Å². The van der Waals surface area contributed by atoms with Gasteiger partial charge in [0.15, 0.2) is 0 Å². The van der Waals surface area contributed by atoms with Gasteiger partial charge >= 0.3 is 6.03 Å². The minimum Gasteiger partial charge on any atom is -0.353 e. The van der Waals surface area contributed by atoms with Gasteiger partial charge in [-0.05, 0) is 68.4 Å². The highest BCUT2D eigenvalue weighted by Gasteiger charge is 2.57. The predicted octanol–water partition coefficient (Wildman–Crippen LogP) is 2.41. The Balaban J connectivity index is 1.28. The van der Waals surface area contributed by atoms with Crippen molar-refractivity contribution in [2.24, 2.45) is 5.92 Å². The third-order valence-corrected chi connectivity index (χ3v) is 7.17. The molecule has 1 aromatic carbocycles. The normalized spacial score (nSPS) is 22.9. The number of urea groups is 1. The highest BCUT2D eigenvalue weighted by atomic mass is 16.2. The first-order valence-corrected chi connectivity index (χ1v) is 11.5. The van der Waals surface area contributed by atoms with E-state index in [2.05, 4.69) is 35.4 Å². The average molecular weight is 448 g/mol. The number of rotatable bonds is 4. The molecule has 3 fully saturated rings. The number of anilines is 1. The van der Waals surface area contributed by atoms with Crippen LogP contribution in [0.4, 0.5) is 10.6 Å². The number of nitrogens with zero attached hydrogens (tertiary/aromatic N) is 3. The quantitative estimate of drug-likeness (QED) is 0.702. The first-order valence-electron chi connectivity index (χ1n) is 11.5. The molecule has 1 aliphatic carbocycles. The Morgan fingerprint density at radius 3 is 2.24 bits per heavy atom. The molecule has 3 heterocycles. The molecule has 5 rings (SSSR count). The largest absolute Gasteiger partial charge is 0.353 e. The summed E-state index contributed by atoms with van der Waals surface area (Å²) >= 11 is 0. The number of hydrogen-bond donors (Lipinski definition) is 2. The number of carbonyl (C=O) groups is 3. The first kappa shape index (κ1) is 21.4. The summed E-state index contributed by atoms with van der Waals surface area (Å²) in [5, 5.41) is 5.20. The van der Waals surface area contributed by atoms with Crippen LogP contribution < -0.4 is 15.5 Å². The van der Waals surface area contributed by atoms with Gasteiger partial charge in [0, 0.05) is 37.4 Å². The summed E-state index contributed by atoms with van der Waals surface area (Å²) in [7, 11) is 0. The maximum Gasteiger partial charge on any atom is 0.322 e. The molecule has 2 aromatic rings. The number of carbonyl (C=O) groups excluding carboxylic acids is 3. The van der Waals surface area contributed by atoms with E-state index in [1.807, 2.05) is 11.8 Å². The van der Waals surface area contributed by atoms with Gasteiger partial charge in [-0.25, -0.2) is 9.78 Å². The Hall–Kier alpha value is -3.42. The maximum absolute atomic E-state index is 13.1. The zero-order valence-electron chi connectivity index (χ0n) is 19.3. The zero-order valence-corrected chi connectivity index (χ0v) is 19.3. The topological polar surface area (TPSA) is 94.6 Å². The van der Waals surface area contributed by atoms with E-state index < -0.39 is 11.6 Å². The third-order valence-electron chi connectivity index (χ3n) is 7.17. The second-order valence-corrected chi connectivity index (χ2v) is 9.38. The van der Waals surface area contributed by atoms with E-state index in [0.29, 0.717) is 18.7 Å². The zero-order chi connectivity index (χ0) is 23.3. The molecule has 0 bridgehead atoms. The molecule has 1 unspecified atom stereocenters. The van der Waals surface area contributed by atoms with Crippen molar-refractivity contribution in [1.29, 1.82) is 0 Å². The molecular formula is C25H29N5O3. The van der Waals surface area contributed by atoms with Crippen LogP contribution in [0.5, 0.6) is 0 Å². The number of imide groups is 1. The van der Waals surface area contributed by atoms with Gasteiger partial charge in [-0.15, -0.1) is 0 Å². The van der Waals surface area contributed by atoms with Gasteiger partial charge in [0.25, 0.3) is 11.8 Å². The van der Waals surface area contributed by atoms with Gasteiger partial charge in [-0.3, -0.25) is 14.9 Å². The molecule has 8 nitrogen and oxygen atoms in total. The van der Waals surface area contributed by atoms with Gasteiger partial charge in [0.1, 0.15) is 11.4 Å². The molecule has 0 radical (unpaired) electrons. The van der Waals surface area contributed by atoms with Crippen LogP contribution in [0.3, 0.4) is 0 Å². The second kappa shape index (κ2) is 7.86. The van der Waals surface area contributed by atoms with Crippen LogP contribution >= 0.6 is 0 Å². The van der Waals surface area contributed by atoms with Crippen LogP contribution in [0.15, 0.2) is 30.3 Å². The standard InChI is InChI=1S/C25H29N5O3/c1-15-14-16(2)21(26-17(15)3)29-10-12-30(13-11-29)22(31)18-4-6-19(7-5-18)25(20-8-9-20)23(32)27-24(33)28-25/h4-7,14,20H,8-13H2,1-3H3,(H2,27,28,32,33). The fourth-order valence-electron chi connectivity index (χ4n) is 5.04. The van der Waals surface area contributed by atoms with Crippen molar-refractivity contribution in [3.05, 3.63) is 58.3 Å². The van der Waals surface area contributed by atoms with E-state index in [1.54, 1.807) is 24.3 Å². The van der Waals surface area contributed by atoms with Crippen LogP contribution in [0, 0.1) is 26.7 Å². The molecule has 3 aliphatic rings. The molecule has 1 atom stereocenters. The van der Waals surface area contributed by atoms with E-state index in [9.17, 15) is 14.4 Å². The summed E-state index contributed by atoms with van der Waals surface area (Å²) in [6.45, 7) is 8.89. The minimum atomic E-state index is -1.01. The number of aromatic nitrogens is 1. The first-order chi connectivity index (χ1) is 15.8. The Labute approximate surface area is 193 Å². The van der Waals surface area contributed by atoms with Crippen LogP contribution in [-0.4, -0.2) is 53.9 Å². The van der Waals surface area contributed by atoms with Gasteiger partial charge in [-0.1, -0.05) is 18.2 Å². The van der Waals surface area contributed by atoms with Crippen molar-refractivity contribution in [3.8, 4) is 0 Å². The van der Waals surface area contributed by atoms with Gasteiger partial charge in [0.05, 0.1) is 0 Å². The minimum absolute atomic E-state index is 0.0219. The Morgan fingerprint density at radius 1 is 1.00 bits per heavy atom. The summed E-state index contributed by atoms with van der Waals surface area (Å²) in [6, 6.07) is 8.84. The Bertz CT molecular complexity index is 1130. The monoisotopic (exact) mass is 447 g/mol. The predicted molar refractivity (Wildman–Crippen MR) is 124 cm³/mol. The van der Waals surface area contributed by atoms with Crippen molar-refractivity contribution in [2.45, 2.75) is 39.2 Å². The summed E-state index contributed by atoms with van der Waals surface area (Å²) < 4.78 is 0. The van der Waals surface area contributed by atoms with E-state index in [4.69, 9.17) is 4.98 Å². The molecule has 2 saturated heterocycles. The van der Waals surface area contributed by atoms with E-state index in [1.165, 1.54) is 5.56 Å². The van der Waals surface area contributed by atoms with Gasteiger partial charge in [-0.2, -0.15) is 0 Å². The van der Waals surface area contributed by atoms with Gasteiger partial charge in [0.2, 0.25) is 0 Å². The fraction of sp³-hybridized carbons (Fsp3) is 0.440. The van der Waals surface area contributed by atoms with Crippen molar-refractivity contribution in [1.82, 2.24) is 20.5 Å². The van der Waals surface area contributed by atoms with Crippen LogP contribution in [-0.2, 0) is 10.3 Å². The lowest BCUT2D eigenvalue weighted by Gasteiger charge is -2.36. The molecule has 0 spiro atoms. The lowest BCUT2D eigenvalue weighted by atomic mass is 9.84. The summed E-state index contributed by atoms with van der Waals surface area (Å²) in [5.74, 6) is 0.768. The summed E-state index contributed by atoms with van der Waals surface area (Å²) in [5.41, 5.74) is 3.67. The van der Waals surface area contributed by atoms with Crippen LogP contribution in [0.1, 0.15) is 45.6 Å². The fourth-order valence-corrected chi connectivity index (χ4v) is 5.04. The molecule has 2 aliphatic heterocycles. The Kier molecular flexibility index (Phi) is 5.11. The molecule has 33 heavy (non-hydrogen) atoms. The van der Waals surface area contributed by atoms with Gasteiger partial charge < -0.3 is 15.1 Å². The lowest BCUT2D eigenvalue weighted by molar-refractivity contribution is -0.125. The molecule has 8 heteroatoms. The van der Waals surface area contributed by atoms with Crippen molar-refractivity contribution in [2.75, 3.05) is 31.1 Å². The summed E-state index contributed by atoms with van der Waals surface area (Å²) in [6.07, 6.45) is 1.79. The number of benzene rings is 1. The van der Waals surface area contributed by atoms with Crippen LogP contribution in [0.2, 0.25) is 0 Å². The molecule has 1 saturated carbocycles. The smallest absolute Gasteiger partial charge is 0.322 e. The van der Waals surface area contributed by atoms with Crippen molar-refractivity contribution >= 4 is 23.7 Å². The SMILES string of the molecule is Cc1cc(C)c(N2CCN(C(=O)c3ccc(C4(C5CC5)NC(=O)NC4=O)cc3)CC2)nc1C. The molecule has 2 N–H and O–H groups in total. The Morgan fingerprint density at radius 2 is 1.67 bits per heavy atom. The molecule has 4 amide bonds. The van der Waals surface area contributed by atoms with E-state index >= 15 is 0 Å². The highest BCUT2D eigenvalue weighted by Crippen LogP contribution is 2.47. The highest BCUT2D eigenvalue weighted by molar-refractivity contribution is 6.08. The molecular weight excluding hydrogens is 418 g/mol. The van der Waals surface area contributed by atoms with Crippen LogP contribution in [0.25, 0.3) is 0 Å². The second-order valence-electron chi connectivity index (χ2n) is 9.38. The number of aryl methyl sites for hydroxylation is 3. The number of nitrogens with one attached hydrogen (secondary N) is 2. The van der Waals surface area contributed by atoms with Crippen molar-refractivity contribution < 1.29 is 14.4 Å². The third kappa shape index (κ3) is 3.63. The molecule has 1 aromatic heterocycles. The average Bonchev–Trinajstić information content (AvgIpc) is 3.61.